The predicted molar refractivity (Wildman–Crippen MR) is 119 cm³/mol. The molecule has 0 atom stereocenters. The molecule has 3 aromatic rings. The molecule has 0 aromatic carbocycles. The number of anilines is 1. The molecule has 0 unspecified atom stereocenters. The number of nitrogens with one attached hydrogen (secondary N) is 1. The Labute approximate surface area is 177 Å². The van der Waals surface area contributed by atoms with E-state index >= 15 is 0 Å². The van der Waals surface area contributed by atoms with Gasteiger partial charge in [-0.25, -0.2) is 19.5 Å². The van der Waals surface area contributed by atoms with Crippen molar-refractivity contribution in [2.24, 2.45) is 0 Å². The third-order valence-corrected chi connectivity index (χ3v) is 6.30. The van der Waals surface area contributed by atoms with Gasteiger partial charge in [-0.2, -0.15) is 5.10 Å². The van der Waals surface area contributed by atoms with Crippen molar-refractivity contribution < 1.29 is 0 Å². The number of hydrogen-bond acceptors (Lipinski definition) is 6. The Morgan fingerprint density at radius 1 is 1.13 bits per heavy atom. The molecule has 7 nitrogen and oxygen atoms in total. The lowest BCUT2D eigenvalue weighted by Gasteiger charge is -2.29. The van der Waals surface area contributed by atoms with E-state index < -0.39 is 0 Å². The van der Waals surface area contributed by atoms with E-state index in [1.165, 1.54) is 18.4 Å². The number of likely N-dealkylation sites (tertiary alicyclic amines) is 1. The van der Waals surface area contributed by atoms with Crippen LogP contribution in [0.3, 0.4) is 0 Å². The van der Waals surface area contributed by atoms with Crippen molar-refractivity contribution in [1.82, 2.24) is 29.5 Å². The van der Waals surface area contributed by atoms with Crippen LogP contribution in [0, 0.1) is 6.92 Å². The second-order valence-corrected chi connectivity index (χ2v) is 8.57. The Hall–Kier alpha value is -2.80. The Bertz CT molecular complexity index is 1090. The first-order chi connectivity index (χ1) is 14.6. The maximum absolute atomic E-state index is 4.96. The van der Waals surface area contributed by atoms with E-state index in [0.717, 1.165) is 60.1 Å². The zero-order valence-electron chi connectivity index (χ0n) is 18.0. The summed E-state index contributed by atoms with van der Waals surface area (Å²) in [7, 11) is 2.17. The average Bonchev–Trinajstić information content (AvgIpc) is 3.51. The molecule has 2 fully saturated rings. The highest BCUT2D eigenvalue weighted by atomic mass is 15.2. The number of fused-ring (bicyclic) bond motifs is 1. The fraction of sp³-hybridized carbons (Fsp3) is 0.478. The van der Waals surface area contributed by atoms with Gasteiger partial charge < -0.3 is 10.2 Å². The van der Waals surface area contributed by atoms with Crippen molar-refractivity contribution in [2.75, 3.05) is 25.5 Å². The van der Waals surface area contributed by atoms with Gasteiger partial charge >= 0.3 is 0 Å². The van der Waals surface area contributed by atoms with Crippen LogP contribution in [0.1, 0.15) is 61.0 Å². The number of rotatable bonds is 5. The molecule has 4 heterocycles. The van der Waals surface area contributed by atoms with Gasteiger partial charge in [-0.05, 0) is 71.7 Å². The van der Waals surface area contributed by atoms with E-state index in [0.29, 0.717) is 12.0 Å². The predicted octanol–water partition coefficient (Wildman–Crippen LogP) is 3.66. The number of aromatic nitrogens is 5. The lowest BCUT2D eigenvalue weighted by molar-refractivity contribution is 0.263. The molecule has 7 heteroatoms. The van der Waals surface area contributed by atoms with Crippen LogP contribution >= 0.6 is 0 Å². The molecule has 3 aromatic heterocycles. The van der Waals surface area contributed by atoms with Crippen molar-refractivity contribution in [3.8, 4) is 0 Å². The minimum atomic E-state index is 0.444. The van der Waals surface area contributed by atoms with Crippen molar-refractivity contribution in [2.45, 2.75) is 51.5 Å². The Kier molecular flexibility index (Phi) is 4.98. The van der Waals surface area contributed by atoms with E-state index in [4.69, 9.17) is 9.97 Å². The molecule has 1 aliphatic heterocycles. The van der Waals surface area contributed by atoms with Crippen molar-refractivity contribution in [1.29, 1.82) is 0 Å². The third-order valence-electron chi connectivity index (χ3n) is 6.30. The summed E-state index contributed by atoms with van der Waals surface area (Å²) in [6.45, 7) is 6.32. The second kappa shape index (κ2) is 7.80. The van der Waals surface area contributed by atoms with Crippen LogP contribution in [0.15, 0.2) is 30.7 Å². The van der Waals surface area contributed by atoms with Crippen LogP contribution in [0.25, 0.3) is 11.2 Å². The summed E-state index contributed by atoms with van der Waals surface area (Å²) in [6.07, 6.45) is 12.7. The van der Waals surface area contributed by atoms with Crippen LogP contribution in [-0.2, 0) is 0 Å². The van der Waals surface area contributed by atoms with Gasteiger partial charge in [0.1, 0.15) is 0 Å². The Balaban J connectivity index is 1.41. The molecule has 0 bridgehead atoms. The molecule has 0 spiro atoms. The van der Waals surface area contributed by atoms with Gasteiger partial charge in [0.25, 0.3) is 0 Å². The summed E-state index contributed by atoms with van der Waals surface area (Å²) in [4.78, 5) is 16.7. The first-order valence-corrected chi connectivity index (χ1v) is 10.9. The monoisotopic (exact) mass is 403 g/mol. The molecule has 156 valence electrons. The van der Waals surface area contributed by atoms with E-state index in [9.17, 15) is 0 Å². The third kappa shape index (κ3) is 3.69. The second-order valence-electron chi connectivity index (χ2n) is 8.57. The largest absolute Gasteiger partial charge is 0.351 e. The molecule has 5 rings (SSSR count). The fourth-order valence-electron chi connectivity index (χ4n) is 4.30. The van der Waals surface area contributed by atoms with E-state index in [1.807, 2.05) is 43.0 Å². The summed E-state index contributed by atoms with van der Waals surface area (Å²) in [6, 6.07) is 2.47. The smallest absolute Gasteiger partial charge is 0.223 e. The number of allylic oxidation sites excluding steroid dienone is 1. The van der Waals surface area contributed by atoms with Crippen LogP contribution in [0.5, 0.6) is 0 Å². The van der Waals surface area contributed by atoms with Crippen LogP contribution in [0.4, 0.5) is 5.95 Å². The normalized spacial score (nSPS) is 18.8. The van der Waals surface area contributed by atoms with Gasteiger partial charge in [-0.1, -0.05) is 6.08 Å². The first-order valence-electron chi connectivity index (χ1n) is 10.9. The number of nitrogens with zero attached hydrogens (tertiary/aromatic N) is 6. The van der Waals surface area contributed by atoms with Crippen molar-refractivity contribution in [3.05, 3.63) is 53.2 Å². The number of hydrogen-bond donors (Lipinski definition) is 1. The molecule has 2 aliphatic rings. The minimum absolute atomic E-state index is 0.444. The van der Waals surface area contributed by atoms with Crippen LogP contribution in [-0.4, -0.2) is 55.6 Å². The SMILES string of the molecule is C/C=C(/c1ccn2ncc(C3CC3)c2n1)c1cnc(NC2CCN(C)CC2)nc1C. The molecule has 0 amide bonds. The minimum Gasteiger partial charge on any atom is -0.351 e. The van der Waals surface area contributed by atoms with Gasteiger partial charge in [0.15, 0.2) is 5.65 Å². The summed E-state index contributed by atoms with van der Waals surface area (Å²) >= 11 is 0. The molecule has 1 N–H and O–H groups in total. The standard InChI is InChI=1S/C23H29N7/c1-4-18(21-9-12-30-22(28-21)20(14-25-30)16-5-6-16)19-13-24-23(26-15(19)2)27-17-7-10-29(3)11-8-17/h4,9,12-14,16-17H,5-8,10-11H2,1-3H3,(H,24,26,27)/b18-4+. The zero-order chi connectivity index (χ0) is 20.7. The highest BCUT2D eigenvalue weighted by Gasteiger charge is 2.27. The van der Waals surface area contributed by atoms with Gasteiger partial charge in [-0.15, -0.1) is 0 Å². The van der Waals surface area contributed by atoms with Gasteiger partial charge in [0, 0.05) is 35.1 Å². The average molecular weight is 404 g/mol. The summed E-state index contributed by atoms with van der Waals surface area (Å²) in [5, 5.41) is 7.99. The number of aryl methyl sites for hydroxylation is 1. The summed E-state index contributed by atoms with van der Waals surface area (Å²) < 4.78 is 1.88. The quantitative estimate of drug-likeness (QED) is 0.701. The summed E-state index contributed by atoms with van der Waals surface area (Å²) in [5.74, 6) is 1.34. The van der Waals surface area contributed by atoms with Gasteiger partial charge in [-0.3, -0.25) is 0 Å². The van der Waals surface area contributed by atoms with Crippen molar-refractivity contribution in [3.63, 3.8) is 0 Å². The number of piperidine rings is 1. The Morgan fingerprint density at radius 3 is 2.63 bits per heavy atom. The highest BCUT2D eigenvalue weighted by Crippen LogP contribution is 2.41. The molecule has 0 radical (unpaired) electrons. The molecule has 1 aliphatic carbocycles. The van der Waals surface area contributed by atoms with E-state index in [1.54, 1.807) is 0 Å². The maximum atomic E-state index is 4.96. The lowest BCUT2D eigenvalue weighted by atomic mass is 10.0. The van der Waals surface area contributed by atoms with Gasteiger partial charge in [0.2, 0.25) is 5.95 Å². The van der Waals surface area contributed by atoms with Crippen LogP contribution in [0.2, 0.25) is 0 Å². The molecule has 30 heavy (non-hydrogen) atoms. The molecular weight excluding hydrogens is 374 g/mol. The molecule has 1 saturated carbocycles. The zero-order valence-corrected chi connectivity index (χ0v) is 18.0. The first kappa shape index (κ1) is 19.2. The molecule has 1 saturated heterocycles. The van der Waals surface area contributed by atoms with Crippen LogP contribution < -0.4 is 5.32 Å². The fourth-order valence-corrected chi connectivity index (χ4v) is 4.30. The highest BCUT2D eigenvalue weighted by molar-refractivity contribution is 5.79. The molecular formula is C23H29N7. The van der Waals surface area contributed by atoms with Gasteiger partial charge in [0.05, 0.1) is 17.6 Å². The topological polar surface area (TPSA) is 71.2 Å². The lowest BCUT2D eigenvalue weighted by Crippen LogP contribution is -2.37. The van der Waals surface area contributed by atoms with Crippen molar-refractivity contribution >= 4 is 17.2 Å². The maximum Gasteiger partial charge on any atom is 0.223 e. The van der Waals surface area contributed by atoms with E-state index in [2.05, 4.69) is 33.4 Å². The summed E-state index contributed by atoms with van der Waals surface area (Å²) in [5.41, 5.74) is 6.22. The van der Waals surface area contributed by atoms with E-state index in [-0.39, 0.29) is 0 Å². The Morgan fingerprint density at radius 2 is 1.93 bits per heavy atom.